The number of carbonyl (C=O) groups is 3. The first kappa shape index (κ1) is 19.7. The molecule has 0 rings (SSSR count). The van der Waals surface area contributed by atoms with Gasteiger partial charge in [-0.15, -0.1) is 0 Å². The summed E-state index contributed by atoms with van der Waals surface area (Å²) < 4.78 is 2.64. The summed E-state index contributed by atoms with van der Waals surface area (Å²) in [5.74, 6) is -0.241. The maximum atomic E-state index is 12.1. The summed E-state index contributed by atoms with van der Waals surface area (Å²) in [5.41, 5.74) is 4.96. The van der Waals surface area contributed by atoms with E-state index in [9.17, 15) is 14.4 Å². The summed E-state index contributed by atoms with van der Waals surface area (Å²) in [5, 5.41) is 5.20. The Hall–Kier alpha value is -1.28. The maximum absolute atomic E-state index is 12.1. The molecule has 3 amide bonds. The van der Waals surface area contributed by atoms with Gasteiger partial charge >= 0.3 is 6.03 Å². The summed E-state index contributed by atoms with van der Waals surface area (Å²) in [6.07, 6.45) is 1.35. The van der Waals surface area contributed by atoms with Crippen LogP contribution in [0.5, 0.6) is 0 Å². The third kappa shape index (κ3) is 7.91. The topological polar surface area (TPSA) is 113 Å². The molecule has 0 saturated heterocycles. The van der Waals surface area contributed by atoms with Crippen molar-refractivity contribution in [3.8, 4) is 0 Å². The lowest BCUT2D eigenvalue weighted by atomic mass is 10.0. The highest BCUT2D eigenvalue weighted by Crippen LogP contribution is 2.06. The number of Topliss-reactive ketones (excluding diaryl/α,β-unsaturated/α-hetero) is 1. The van der Waals surface area contributed by atoms with Crippen LogP contribution < -0.4 is 21.1 Å². The highest BCUT2D eigenvalue weighted by Gasteiger charge is 2.25. The van der Waals surface area contributed by atoms with Gasteiger partial charge in [0.2, 0.25) is 5.91 Å². The van der Waals surface area contributed by atoms with Crippen LogP contribution in [-0.4, -0.2) is 36.3 Å². The number of thiol groups is 1. The fourth-order valence-corrected chi connectivity index (χ4v) is 2.27. The zero-order valence-electron chi connectivity index (χ0n) is 12.8. The quantitative estimate of drug-likeness (QED) is 0.295. The van der Waals surface area contributed by atoms with Crippen molar-refractivity contribution in [2.24, 2.45) is 11.7 Å². The van der Waals surface area contributed by atoms with Crippen LogP contribution in [0.3, 0.4) is 0 Å². The van der Waals surface area contributed by atoms with E-state index in [1.54, 1.807) is 6.92 Å². The zero-order valence-corrected chi connectivity index (χ0v) is 13.7. The molecule has 0 spiro atoms. The standard InChI is InChI=1S/C13H26N4O3S/c1-4-10(18)9(6-5-7-15-13(14)20)16-12(19)11(17-21)8(2)3/h8-9,11,17,21H,4-7H2,1-3H3,(H,16,19)(H3,14,15,20)/t9-,11-/m0/s1. The van der Waals surface area contributed by atoms with Crippen molar-refractivity contribution in [1.29, 1.82) is 0 Å². The summed E-state index contributed by atoms with van der Waals surface area (Å²) in [4.78, 5) is 34.6. The van der Waals surface area contributed by atoms with Gasteiger partial charge in [0.1, 0.15) is 0 Å². The molecular formula is C13H26N4O3S. The monoisotopic (exact) mass is 318 g/mol. The number of nitrogens with two attached hydrogens (primary N) is 1. The molecule has 0 heterocycles. The van der Waals surface area contributed by atoms with Crippen molar-refractivity contribution in [3.05, 3.63) is 0 Å². The Kier molecular flexibility index (Phi) is 9.81. The fraction of sp³-hybridized carbons (Fsp3) is 0.769. The van der Waals surface area contributed by atoms with Gasteiger partial charge in [-0.1, -0.05) is 33.6 Å². The molecule has 7 nitrogen and oxygen atoms in total. The molecule has 0 aromatic rings. The minimum absolute atomic E-state index is 0.0379. The maximum Gasteiger partial charge on any atom is 0.312 e. The van der Waals surface area contributed by atoms with Gasteiger partial charge in [-0.2, -0.15) is 0 Å². The highest BCUT2D eigenvalue weighted by atomic mass is 32.1. The number of urea groups is 1. The van der Waals surface area contributed by atoms with E-state index >= 15 is 0 Å². The average Bonchev–Trinajstić information content (AvgIpc) is 2.41. The van der Waals surface area contributed by atoms with Crippen LogP contribution in [0, 0.1) is 5.92 Å². The lowest BCUT2D eigenvalue weighted by Crippen LogP contribution is -2.50. The Balaban J connectivity index is 4.51. The number of amides is 3. The lowest BCUT2D eigenvalue weighted by molar-refractivity contribution is -0.129. The van der Waals surface area contributed by atoms with Crippen molar-refractivity contribution < 1.29 is 14.4 Å². The van der Waals surface area contributed by atoms with Crippen molar-refractivity contribution >= 4 is 30.5 Å². The van der Waals surface area contributed by atoms with E-state index in [4.69, 9.17) is 5.73 Å². The molecule has 0 unspecified atom stereocenters. The second-order valence-corrected chi connectivity index (χ2v) is 5.42. The Bertz CT molecular complexity index is 363. The average molecular weight is 318 g/mol. The fourth-order valence-electron chi connectivity index (χ4n) is 1.85. The van der Waals surface area contributed by atoms with Gasteiger partial charge in [0, 0.05) is 13.0 Å². The first-order chi connectivity index (χ1) is 9.83. The summed E-state index contributed by atoms with van der Waals surface area (Å²) >= 11 is 3.94. The molecule has 0 aromatic heterocycles. The number of rotatable bonds is 10. The zero-order chi connectivity index (χ0) is 16.4. The SMILES string of the molecule is CCC(=O)[C@H](CCCNC(N)=O)NC(=O)[C@@H](NS)C(C)C. The van der Waals surface area contributed by atoms with Crippen molar-refractivity contribution in [1.82, 2.24) is 15.4 Å². The minimum atomic E-state index is -0.600. The third-order valence-corrected chi connectivity index (χ3v) is 3.39. The number of hydrogen-bond acceptors (Lipinski definition) is 5. The second-order valence-electron chi connectivity index (χ2n) is 5.17. The molecular weight excluding hydrogens is 292 g/mol. The molecule has 0 fully saturated rings. The van der Waals surface area contributed by atoms with E-state index in [0.717, 1.165) is 0 Å². The van der Waals surface area contributed by atoms with Gasteiger partial charge in [-0.3, -0.25) is 14.3 Å². The van der Waals surface area contributed by atoms with Crippen LogP contribution >= 0.6 is 12.8 Å². The third-order valence-electron chi connectivity index (χ3n) is 3.11. The first-order valence-electron chi connectivity index (χ1n) is 7.09. The van der Waals surface area contributed by atoms with Crippen LogP contribution in [0.4, 0.5) is 4.79 Å². The molecule has 0 radical (unpaired) electrons. The smallest absolute Gasteiger partial charge is 0.312 e. The number of primary amides is 1. The van der Waals surface area contributed by atoms with E-state index in [1.165, 1.54) is 0 Å². The number of carbonyl (C=O) groups excluding carboxylic acids is 3. The van der Waals surface area contributed by atoms with Crippen LogP contribution in [0.15, 0.2) is 0 Å². The van der Waals surface area contributed by atoms with Gasteiger partial charge in [-0.05, 0) is 18.8 Å². The molecule has 0 aliphatic rings. The number of ketones is 1. The summed E-state index contributed by atoms with van der Waals surface area (Å²) in [7, 11) is 0. The van der Waals surface area contributed by atoms with Crippen molar-refractivity contribution in [2.75, 3.05) is 6.54 Å². The molecule has 0 saturated carbocycles. The molecule has 5 N–H and O–H groups in total. The van der Waals surface area contributed by atoms with Gasteiger partial charge in [0.05, 0.1) is 12.1 Å². The van der Waals surface area contributed by atoms with E-state index < -0.39 is 18.1 Å². The van der Waals surface area contributed by atoms with Gasteiger partial charge in [0.25, 0.3) is 0 Å². The number of hydrogen-bond donors (Lipinski definition) is 5. The molecule has 0 aliphatic carbocycles. The lowest BCUT2D eigenvalue weighted by Gasteiger charge is -2.23. The van der Waals surface area contributed by atoms with Gasteiger partial charge in [-0.25, -0.2) is 4.79 Å². The highest BCUT2D eigenvalue weighted by molar-refractivity contribution is 7.78. The molecule has 2 atom stereocenters. The second kappa shape index (κ2) is 10.4. The molecule has 0 aromatic carbocycles. The number of nitrogens with one attached hydrogen (secondary N) is 3. The predicted octanol–water partition coefficient (Wildman–Crippen LogP) is 0.358. The Morgan fingerprint density at radius 1 is 1.24 bits per heavy atom. The molecule has 122 valence electrons. The van der Waals surface area contributed by atoms with E-state index in [1.807, 2.05) is 13.8 Å². The van der Waals surface area contributed by atoms with E-state index in [-0.39, 0.29) is 17.6 Å². The normalized spacial score (nSPS) is 13.6. The van der Waals surface area contributed by atoms with Crippen molar-refractivity contribution in [3.63, 3.8) is 0 Å². The van der Waals surface area contributed by atoms with Gasteiger partial charge in [0.15, 0.2) is 5.78 Å². The van der Waals surface area contributed by atoms with Crippen LogP contribution in [0.1, 0.15) is 40.0 Å². The Morgan fingerprint density at radius 2 is 1.86 bits per heavy atom. The van der Waals surface area contributed by atoms with Crippen LogP contribution in [0.25, 0.3) is 0 Å². The molecule has 21 heavy (non-hydrogen) atoms. The Morgan fingerprint density at radius 3 is 2.29 bits per heavy atom. The van der Waals surface area contributed by atoms with Crippen molar-refractivity contribution in [2.45, 2.75) is 52.1 Å². The van der Waals surface area contributed by atoms with Gasteiger partial charge < -0.3 is 16.4 Å². The largest absolute Gasteiger partial charge is 0.352 e. The Labute approximate surface area is 131 Å². The van der Waals surface area contributed by atoms with Crippen LogP contribution in [0.2, 0.25) is 0 Å². The van der Waals surface area contributed by atoms with E-state index in [0.29, 0.717) is 25.8 Å². The molecule has 0 aliphatic heterocycles. The van der Waals surface area contributed by atoms with Crippen LogP contribution in [-0.2, 0) is 9.59 Å². The molecule has 8 heteroatoms. The van der Waals surface area contributed by atoms with E-state index in [2.05, 4.69) is 28.2 Å². The summed E-state index contributed by atoms with van der Waals surface area (Å²) in [6.45, 7) is 5.90. The predicted molar refractivity (Wildman–Crippen MR) is 84.8 cm³/mol. The molecule has 0 bridgehead atoms. The minimum Gasteiger partial charge on any atom is -0.352 e. The summed E-state index contributed by atoms with van der Waals surface area (Å²) in [6, 6.07) is -1.62. The first-order valence-corrected chi connectivity index (χ1v) is 7.54.